The third-order valence-electron chi connectivity index (χ3n) is 3.67. The van der Waals surface area contributed by atoms with Gasteiger partial charge in [0.25, 0.3) is 0 Å². The van der Waals surface area contributed by atoms with E-state index in [0.29, 0.717) is 11.0 Å². The Kier molecular flexibility index (Phi) is 7.73. The van der Waals surface area contributed by atoms with Gasteiger partial charge in [0.1, 0.15) is 4.99 Å². The van der Waals surface area contributed by atoms with Crippen molar-refractivity contribution in [2.45, 2.75) is 39.3 Å². The van der Waals surface area contributed by atoms with Crippen LogP contribution in [0.3, 0.4) is 0 Å². The minimum absolute atomic E-state index is 0.452. The first-order valence-corrected chi connectivity index (χ1v) is 7.64. The molecule has 0 saturated carbocycles. The van der Waals surface area contributed by atoms with Crippen molar-refractivity contribution in [2.75, 3.05) is 20.3 Å². The van der Waals surface area contributed by atoms with E-state index in [-0.39, 0.29) is 0 Å². The molecule has 0 atom stereocenters. The first kappa shape index (κ1) is 17.1. The van der Waals surface area contributed by atoms with Gasteiger partial charge < -0.3 is 10.5 Å². The summed E-state index contributed by atoms with van der Waals surface area (Å²) in [6.07, 6.45) is 2.32. The summed E-state index contributed by atoms with van der Waals surface area (Å²) in [5, 5.41) is 0. The molecule has 0 aromatic heterocycles. The molecule has 3 nitrogen and oxygen atoms in total. The molecule has 112 valence electrons. The topological polar surface area (TPSA) is 38.5 Å². The molecule has 1 aromatic carbocycles. The van der Waals surface area contributed by atoms with Gasteiger partial charge >= 0.3 is 0 Å². The number of rotatable bonds is 9. The van der Waals surface area contributed by atoms with Crippen LogP contribution < -0.4 is 5.73 Å². The number of hydrogen-bond donors (Lipinski definition) is 1. The molecule has 1 rings (SSSR count). The number of nitrogens with zero attached hydrogens (tertiary/aromatic N) is 1. The Balaban J connectivity index is 2.74. The molecule has 0 heterocycles. The summed E-state index contributed by atoms with van der Waals surface area (Å²) in [6, 6.07) is 8.81. The summed E-state index contributed by atoms with van der Waals surface area (Å²) in [7, 11) is 1.75. The fraction of sp³-hybridized carbons (Fsp3) is 0.562. The number of benzene rings is 1. The van der Waals surface area contributed by atoms with Gasteiger partial charge in [0.05, 0.1) is 6.61 Å². The van der Waals surface area contributed by atoms with Crippen LogP contribution >= 0.6 is 12.2 Å². The summed E-state index contributed by atoms with van der Waals surface area (Å²) in [5.41, 5.74) is 7.84. The molecule has 4 heteroatoms. The maximum Gasteiger partial charge on any atom is 0.103 e. The number of nitrogens with two attached hydrogens (primary N) is 1. The van der Waals surface area contributed by atoms with Crippen molar-refractivity contribution >= 4 is 17.2 Å². The molecular formula is C16H26N2OS. The van der Waals surface area contributed by atoms with Gasteiger partial charge in [-0.15, -0.1) is 0 Å². The Bertz CT molecular complexity index is 401. The molecule has 1 aromatic rings. The van der Waals surface area contributed by atoms with Crippen LogP contribution in [0.2, 0.25) is 0 Å². The summed E-state index contributed by atoms with van der Waals surface area (Å²) < 4.78 is 5.22. The molecule has 0 bridgehead atoms. The van der Waals surface area contributed by atoms with Crippen molar-refractivity contribution < 1.29 is 4.74 Å². The summed E-state index contributed by atoms with van der Waals surface area (Å²) in [4.78, 5) is 2.94. The molecule has 2 N–H and O–H groups in total. The van der Waals surface area contributed by atoms with Gasteiger partial charge in [0.15, 0.2) is 0 Å². The number of methoxy groups -OCH3 is 1. The van der Waals surface area contributed by atoms with E-state index in [4.69, 9.17) is 22.7 Å². The quantitative estimate of drug-likeness (QED) is 0.711. The van der Waals surface area contributed by atoms with E-state index in [1.165, 1.54) is 5.56 Å². The molecule has 0 amide bonds. The lowest BCUT2D eigenvalue weighted by Gasteiger charge is -2.30. The zero-order valence-corrected chi connectivity index (χ0v) is 13.6. The number of hydrogen-bond acceptors (Lipinski definition) is 3. The highest BCUT2D eigenvalue weighted by atomic mass is 32.1. The highest BCUT2D eigenvalue weighted by molar-refractivity contribution is 7.80. The van der Waals surface area contributed by atoms with E-state index in [2.05, 4.69) is 30.9 Å². The number of thiocarbonyl (C=S) groups is 1. The average molecular weight is 294 g/mol. The van der Waals surface area contributed by atoms with Crippen molar-refractivity contribution in [3.05, 3.63) is 35.4 Å². The Labute approximate surface area is 128 Å². The third kappa shape index (κ3) is 5.19. The number of ether oxygens (including phenoxy) is 1. The van der Waals surface area contributed by atoms with Gasteiger partial charge in [-0.05, 0) is 18.4 Å². The predicted octanol–water partition coefficient (Wildman–Crippen LogP) is 2.96. The van der Waals surface area contributed by atoms with Crippen LogP contribution in [0.4, 0.5) is 0 Å². The molecule has 20 heavy (non-hydrogen) atoms. The second kappa shape index (κ2) is 9.06. The molecule has 0 saturated heterocycles. The fourth-order valence-electron chi connectivity index (χ4n) is 2.41. The van der Waals surface area contributed by atoms with Crippen molar-refractivity contribution in [3.63, 3.8) is 0 Å². The van der Waals surface area contributed by atoms with Crippen molar-refractivity contribution in [3.8, 4) is 0 Å². The van der Waals surface area contributed by atoms with E-state index >= 15 is 0 Å². The standard InChI is InChI=1S/C16H26N2OS/c1-4-15(5-2)18(10-11-19-3)12-13-6-8-14(9-7-13)16(17)20/h6-9,15H,4-5,10-12H2,1-3H3,(H2,17,20). The lowest BCUT2D eigenvalue weighted by Crippen LogP contribution is -2.36. The first-order chi connectivity index (χ1) is 9.62. The van der Waals surface area contributed by atoms with Gasteiger partial charge in [-0.3, -0.25) is 4.90 Å². The van der Waals surface area contributed by atoms with E-state index in [1.807, 2.05) is 12.1 Å². The van der Waals surface area contributed by atoms with Crippen LogP contribution in [-0.4, -0.2) is 36.2 Å². The molecule has 0 aliphatic carbocycles. The second-order valence-electron chi connectivity index (χ2n) is 4.99. The van der Waals surface area contributed by atoms with Crippen LogP contribution in [-0.2, 0) is 11.3 Å². The molecule has 0 unspecified atom stereocenters. The minimum atomic E-state index is 0.452. The summed E-state index contributed by atoms with van der Waals surface area (Å²) in [5.74, 6) is 0. The van der Waals surface area contributed by atoms with Gasteiger partial charge in [-0.1, -0.05) is 50.3 Å². The zero-order chi connectivity index (χ0) is 15.0. The van der Waals surface area contributed by atoms with Gasteiger partial charge in [0.2, 0.25) is 0 Å². The monoisotopic (exact) mass is 294 g/mol. The molecule has 0 aliphatic rings. The van der Waals surface area contributed by atoms with Crippen LogP contribution in [0.1, 0.15) is 37.8 Å². The summed E-state index contributed by atoms with van der Waals surface area (Å²) >= 11 is 4.98. The summed E-state index contributed by atoms with van der Waals surface area (Å²) in [6.45, 7) is 7.14. The van der Waals surface area contributed by atoms with Gasteiger partial charge in [-0.2, -0.15) is 0 Å². The van der Waals surface area contributed by atoms with Crippen molar-refractivity contribution in [1.29, 1.82) is 0 Å². The smallest absolute Gasteiger partial charge is 0.103 e. The second-order valence-corrected chi connectivity index (χ2v) is 5.43. The molecule has 0 spiro atoms. The van der Waals surface area contributed by atoms with Crippen LogP contribution in [0.15, 0.2) is 24.3 Å². The van der Waals surface area contributed by atoms with E-state index < -0.39 is 0 Å². The molecule has 0 radical (unpaired) electrons. The SMILES string of the molecule is CCC(CC)N(CCOC)Cc1ccc(C(N)=S)cc1. The maximum absolute atomic E-state index is 5.63. The normalized spacial score (nSPS) is 11.2. The van der Waals surface area contributed by atoms with E-state index in [9.17, 15) is 0 Å². The van der Waals surface area contributed by atoms with Crippen molar-refractivity contribution in [2.24, 2.45) is 5.73 Å². The Hall–Kier alpha value is -0.970. The van der Waals surface area contributed by atoms with Crippen LogP contribution in [0, 0.1) is 0 Å². The van der Waals surface area contributed by atoms with Crippen LogP contribution in [0.25, 0.3) is 0 Å². The highest BCUT2D eigenvalue weighted by Crippen LogP contribution is 2.14. The molecule has 0 fully saturated rings. The third-order valence-corrected chi connectivity index (χ3v) is 3.90. The van der Waals surface area contributed by atoms with E-state index in [0.717, 1.165) is 38.1 Å². The fourth-order valence-corrected chi connectivity index (χ4v) is 2.55. The molecular weight excluding hydrogens is 268 g/mol. The minimum Gasteiger partial charge on any atom is -0.389 e. The lowest BCUT2D eigenvalue weighted by atomic mass is 10.1. The zero-order valence-electron chi connectivity index (χ0n) is 12.8. The van der Waals surface area contributed by atoms with Crippen LogP contribution in [0.5, 0.6) is 0 Å². The van der Waals surface area contributed by atoms with Gasteiger partial charge in [0, 0.05) is 31.8 Å². The lowest BCUT2D eigenvalue weighted by molar-refractivity contribution is 0.110. The molecule has 0 aliphatic heterocycles. The van der Waals surface area contributed by atoms with Crippen molar-refractivity contribution in [1.82, 2.24) is 4.90 Å². The Morgan fingerprint density at radius 2 is 1.85 bits per heavy atom. The largest absolute Gasteiger partial charge is 0.389 e. The Morgan fingerprint density at radius 1 is 1.25 bits per heavy atom. The first-order valence-electron chi connectivity index (χ1n) is 7.24. The predicted molar refractivity (Wildman–Crippen MR) is 89.0 cm³/mol. The highest BCUT2D eigenvalue weighted by Gasteiger charge is 2.15. The average Bonchev–Trinajstić information content (AvgIpc) is 2.46. The van der Waals surface area contributed by atoms with Gasteiger partial charge in [-0.25, -0.2) is 0 Å². The van der Waals surface area contributed by atoms with E-state index in [1.54, 1.807) is 7.11 Å². The maximum atomic E-state index is 5.63. The Morgan fingerprint density at radius 3 is 2.30 bits per heavy atom.